The van der Waals surface area contributed by atoms with E-state index in [4.69, 9.17) is 26.1 Å². The van der Waals surface area contributed by atoms with E-state index in [1.807, 2.05) is 0 Å². The number of thiocarbonyl (C=S) groups is 1. The first-order valence-electron chi connectivity index (χ1n) is 15.4. The summed E-state index contributed by atoms with van der Waals surface area (Å²) in [4.78, 5) is 37.2. The Balaban J connectivity index is 1.10. The average Bonchev–Trinajstić information content (AvgIpc) is 3.10. The van der Waals surface area contributed by atoms with Crippen LogP contribution in [0.1, 0.15) is 10.4 Å². The third kappa shape index (κ3) is 7.60. The molecule has 1 saturated heterocycles. The zero-order valence-corrected chi connectivity index (χ0v) is 27.2. The van der Waals surface area contributed by atoms with Gasteiger partial charge in [0.05, 0.1) is 18.7 Å². The Bertz CT molecular complexity index is 2140. The molecule has 51 heavy (non-hydrogen) atoms. The Morgan fingerprint density at radius 2 is 1.57 bits per heavy atom. The van der Waals surface area contributed by atoms with Crippen molar-refractivity contribution >= 4 is 51.6 Å². The van der Waals surface area contributed by atoms with E-state index in [0.717, 1.165) is 0 Å². The second-order valence-corrected chi connectivity index (χ2v) is 12.0. The molecule has 3 aromatic rings. The normalized spacial score (nSPS) is 20.1. The third-order valence-electron chi connectivity index (χ3n) is 8.10. The van der Waals surface area contributed by atoms with E-state index in [9.17, 15) is 45.0 Å². The number of anilines is 2. The Morgan fingerprint density at radius 3 is 2.29 bits per heavy atom. The van der Waals surface area contributed by atoms with Crippen molar-refractivity contribution in [2.24, 2.45) is 0 Å². The lowest BCUT2D eigenvalue weighted by atomic mass is 9.90. The van der Waals surface area contributed by atoms with E-state index in [-0.39, 0.29) is 45.5 Å². The molecule has 5 atom stereocenters. The van der Waals surface area contributed by atoms with Crippen LogP contribution in [0.2, 0.25) is 0 Å². The topological polar surface area (TPSA) is 240 Å². The molecule has 1 amide bonds. The highest BCUT2D eigenvalue weighted by molar-refractivity contribution is 7.80. The SMILES string of the molecule is O=C(CNC(=S)Nc1ccc(-c2c3ccc(=O)cc-3oc3cc(O)ccc23)c(C(=O)O)c1)Nc1ccc(O[C@@H]2O[C@H](CO)[C@H](O)[C@H](O)[C@H]2O)cc1. The van der Waals surface area contributed by atoms with Crippen molar-refractivity contribution in [3.05, 3.63) is 94.6 Å². The Kier molecular flexibility index (Phi) is 10.1. The molecule has 15 nitrogen and oxygen atoms in total. The van der Waals surface area contributed by atoms with Crippen molar-refractivity contribution in [2.45, 2.75) is 30.7 Å². The highest BCUT2D eigenvalue weighted by atomic mass is 32.1. The van der Waals surface area contributed by atoms with Crippen molar-refractivity contribution in [1.29, 1.82) is 0 Å². The largest absolute Gasteiger partial charge is 0.508 e. The Morgan fingerprint density at radius 1 is 0.843 bits per heavy atom. The number of carbonyl (C=O) groups is 2. The Labute approximate surface area is 293 Å². The standard InChI is InChI=1S/C35H31N3O12S/c39-15-27-30(43)31(44)32(45)34(50-27)48-20-6-1-16(2-7-20)37-28(42)14-36-35(51)38-17-3-8-21(24(11-17)33(46)47)29-22-9-4-18(40)12-25(22)49-26-13-19(41)5-10-23(26)29/h1-13,27,30-32,34,39-40,43-45H,14-15H2,(H,37,42)(H,46,47)(H2,36,38,51)/t27-,30+,31+,32-,34-/m1/s1. The fourth-order valence-electron chi connectivity index (χ4n) is 5.62. The molecule has 3 aromatic carbocycles. The van der Waals surface area contributed by atoms with E-state index in [1.165, 1.54) is 54.6 Å². The van der Waals surface area contributed by atoms with Crippen LogP contribution in [0.4, 0.5) is 11.4 Å². The van der Waals surface area contributed by atoms with Crippen molar-refractivity contribution in [3.8, 4) is 33.9 Å². The summed E-state index contributed by atoms with van der Waals surface area (Å²) in [6, 6.07) is 19.2. The maximum absolute atomic E-state index is 12.6. The van der Waals surface area contributed by atoms with Gasteiger partial charge in [-0.15, -0.1) is 0 Å². The number of aliphatic hydroxyl groups excluding tert-OH is 4. The van der Waals surface area contributed by atoms with Gasteiger partial charge in [-0.25, -0.2) is 4.79 Å². The maximum atomic E-state index is 12.6. The first-order chi connectivity index (χ1) is 24.4. The molecule has 1 aliphatic carbocycles. The van der Waals surface area contributed by atoms with Crippen LogP contribution in [0.5, 0.6) is 11.5 Å². The molecule has 0 aromatic heterocycles. The number of hydrogen-bond donors (Lipinski definition) is 9. The molecular weight excluding hydrogens is 686 g/mol. The molecule has 2 heterocycles. The van der Waals surface area contributed by atoms with E-state index in [2.05, 4.69) is 16.0 Å². The number of carboxylic acids is 1. The molecule has 0 unspecified atom stereocenters. The minimum atomic E-state index is -1.59. The maximum Gasteiger partial charge on any atom is 0.336 e. The summed E-state index contributed by atoms with van der Waals surface area (Å²) in [5, 5.41) is 68.4. The monoisotopic (exact) mass is 717 g/mol. The molecule has 16 heteroatoms. The summed E-state index contributed by atoms with van der Waals surface area (Å²) in [6.45, 7) is -0.850. The number of nitrogens with one attached hydrogen (secondary N) is 3. The molecule has 6 rings (SSSR count). The van der Waals surface area contributed by atoms with Gasteiger partial charge in [-0.1, -0.05) is 6.07 Å². The summed E-state index contributed by atoms with van der Waals surface area (Å²) < 4.78 is 16.7. The lowest BCUT2D eigenvalue weighted by Crippen LogP contribution is -2.60. The van der Waals surface area contributed by atoms with Crippen LogP contribution in [-0.2, 0) is 9.53 Å². The van der Waals surface area contributed by atoms with Gasteiger partial charge in [0, 0.05) is 40.0 Å². The van der Waals surface area contributed by atoms with Crippen molar-refractivity contribution < 1.29 is 54.1 Å². The van der Waals surface area contributed by atoms with Crippen molar-refractivity contribution in [3.63, 3.8) is 0 Å². The molecule has 0 radical (unpaired) electrons. The van der Waals surface area contributed by atoms with Crippen LogP contribution in [0.3, 0.4) is 0 Å². The first kappa shape index (κ1) is 35.2. The number of hydrogen-bond acceptors (Lipinski definition) is 12. The highest BCUT2D eigenvalue weighted by Crippen LogP contribution is 2.42. The predicted octanol–water partition coefficient (Wildman–Crippen LogP) is 2.07. The molecule has 0 spiro atoms. The molecule has 2 aliphatic heterocycles. The van der Waals surface area contributed by atoms with Crippen LogP contribution in [0.15, 0.2) is 88.1 Å². The fraction of sp³-hybridized carbons (Fsp3) is 0.200. The first-order valence-corrected chi connectivity index (χ1v) is 15.8. The molecule has 9 N–H and O–H groups in total. The smallest absolute Gasteiger partial charge is 0.336 e. The molecule has 264 valence electrons. The molecule has 0 saturated carbocycles. The van der Waals surface area contributed by atoms with Crippen LogP contribution < -0.4 is 26.1 Å². The van der Waals surface area contributed by atoms with Gasteiger partial charge in [0.15, 0.2) is 10.5 Å². The number of amides is 1. The van der Waals surface area contributed by atoms with Gasteiger partial charge in [-0.3, -0.25) is 9.59 Å². The minimum absolute atomic E-state index is 0.0328. The fourth-order valence-corrected chi connectivity index (χ4v) is 5.81. The van der Waals surface area contributed by atoms with Crippen LogP contribution >= 0.6 is 12.2 Å². The number of aliphatic hydroxyl groups is 4. The summed E-state index contributed by atoms with van der Waals surface area (Å²) in [5.41, 5.74) is 1.87. The minimum Gasteiger partial charge on any atom is -0.508 e. The van der Waals surface area contributed by atoms with Gasteiger partial charge in [0.1, 0.15) is 47.3 Å². The molecular formula is C35H31N3O12S. The van der Waals surface area contributed by atoms with Crippen LogP contribution in [0, 0.1) is 0 Å². The lowest BCUT2D eigenvalue weighted by Gasteiger charge is -2.39. The summed E-state index contributed by atoms with van der Waals surface area (Å²) >= 11 is 5.33. The highest BCUT2D eigenvalue weighted by Gasteiger charge is 2.44. The lowest BCUT2D eigenvalue weighted by molar-refractivity contribution is -0.277. The van der Waals surface area contributed by atoms with Gasteiger partial charge in [-0.05, 0) is 78.4 Å². The zero-order chi connectivity index (χ0) is 36.4. The summed E-state index contributed by atoms with van der Waals surface area (Å²) in [5.74, 6) is -1.34. The van der Waals surface area contributed by atoms with Gasteiger partial charge in [0.25, 0.3) is 0 Å². The molecule has 0 bridgehead atoms. The van der Waals surface area contributed by atoms with E-state index in [1.54, 1.807) is 24.3 Å². The van der Waals surface area contributed by atoms with Gasteiger partial charge < -0.3 is 60.5 Å². The number of phenolic OH excluding ortho intramolecular Hbond substituents is 1. The van der Waals surface area contributed by atoms with Gasteiger partial charge >= 0.3 is 5.97 Å². The quantitative estimate of drug-likeness (QED) is 0.0783. The number of benzene rings is 4. The number of ether oxygens (including phenoxy) is 2. The molecule has 3 aliphatic rings. The number of rotatable bonds is 9. The van der Waals surface area contributed by atoms with Crippen LogP contribution in [0.25, 0.3) is 33.4 Å². The van der Waals surface area contributed by atoms with E-state index in [0.29, 0.717) is 33.5 Å². The Hall–Kier alpha value is -5.62. The third-order valence-corrected chi connectivity index (χ3v) is 8.35. The number of aromatic carboxylic acids is 1. The summed E-state index contributed by atoms with van der Waals surface area (Å²) in [6.07, 6.45) is -7.18. The van der Waals surface area contributed by atoms with E-state index >= 15 is 0 Å². The zero-order valence-electron chi connectivity index (χ0n) is 26.3. The number of aromatic hydroxyl groups is 1. The molecule has 1 fully saturated rings. The van der Waals surface area contributed by atoms with Crippen LogP contribution in [-0.4, -0.2) is 91.5 Å². The van der Waals surface area contributed by atoms with Crippen molar-refractivity contribution in [2.75, 3.05) is 23.8 Å². The number of phenols is 1. The van der Waals surface area contributed by atoms with Gasteiger partial charge in [0.2, 0.25) is 12.2 Å². The summed E-state index contributed by atoms with van der Waals surface area (Å²) in [7, 11) is 0. The second kappa shape index (κ2) is 14.7. The van der Waals surface area contributed by atoms with Gasteiger partial charge in [-0.2, -0.15) is 0 Å². The van der Waals surface area contributed by atoms with Crippen molar-refractivity contribution in [1.82, 2.24) is 5.32 Å². The van der Waals surface area contributed by atoms with E-state index < -0.39 is 49.2 Å². The second-order valence-electron chi connectivity index (χ2n) is 11.6. The number of fused-ring (bicyclic) bond motifs is 2. The predicted molar refractivity (Wildman–Crippen MR) is 187 cm³/mol. The number of carbonyl (C=O) groups excluding carboxylic acids is 1. The average molecular weight is 718 g/mol. The number of carboxylic acid groups (broad SMARTS) is 1.